The number of halogens is 1. The molecule has 146 valence electrons. The summed E-state index contributed by atoms with van der Waals surface area (Å²) in [6.45, 7) is 9.37. The molecule has 1 aromatic rings. The number of hydrogen-bond acceptors (Lipinski definition) is 5. The van der Waals surface area contributed by atoms with Gasteiger partial charge in [-0.2, -0.15) is 0 Å². The van der Waals surface area contributed by atoms with Crippen LogP contribution in [0.1, 0.15) is 12.8 Å². The van der Waals surface area contributed by atoms with E-state index in [1.165, 1.54) is 50.6 Å². The molecule has 1 aromatic heterocycles. The van der Waals surface area contributed by atoms with Crippen LogP contribution < -0.4 is 15.5 Å². The molecule has 2 bridgehead atoms. The third-order valence-corrected chi connectivity index (χ3v) is 6.70. The summed E-state index contributed by atoms with van der Waals surface area (Å²) in [5.74, 6) is 0.965. The van der Waals surface area contributed by atoms with Crippen molar-refractivity contribution in [3.05, 3.63) is 17.5 Å². The minimum Gasteiger partial charge on any atom is -0.363 e. The molecule has 5 heterocycles. The van der Waals surface area contributed by atoms with Crippen molar-refractivity contribution in [1.82, 2.24) is 20.4 Å². The average molecular weight is 490 g/mol. The second-order valence-electron chi connectivity index (χ2n) is 7.30. The van der Waals surface area contributed by atoms with Crippen molar-refractivity contribution in [2.45, 2.75) is 24.9 Å². The van der Waals surface area contributed by atoms with Crippen LogP contribution in [0.5, 0.6) is 0 Å². The van der Waals surface area contributed by atoms with Crippen LogP contribution in [0.3, 0.4) is 0 Å². The minimum absolute atomic E-state index is 0. The van der Waals surface area contributed by atoms with E-state index in [0.717, 1.165) is 25.6 Å². The molecule has 0 radical (unpaired) electrons. The number of rotatable bonds is 4. The molecule has 26 heavy (non-hydrogen) atoms. The van der Waals surface area contributed by atoms with Crippen LogP contribution >= 0.6 is 35.3 Å². The fourth-order valence-electron chi connectivity index (χ4n) is 4.21. The molecule has 0 amide bonds. The largest absolute Gasteiger partial charge is 0.363 e. The van der Waals surface area contributed by atoms with Gasteiger partial charge in [-0.05, 0) is 30.4 Å². The van der Waals surface area contributed by atoms with E-state index in [2.05, 4.69) is 47.8 Å². The van der Waals surface area contributed by atoms with Gasteiger partial charge in [0.2, 0.25) is 0 Å². The maximum absolute atomic E-state index is 4.45. The molecule has 4 fully saturated rings. The summed E-state index contributed by atoms with van der Waals surface area (Å²) in [7, 11) is 1.88. The molecule has 0 spiro atoms. The average Bonchev–Trinajstić information content (AvgIpc) is 3.21. The Morgan fingerprint density at radius 2 is 1.96 bits per heavy atom. The molecule has 1 atom stereocenters. The first-order chi connectivity index (χ1) is 12.3. The van der Waals surface area contributed by atoms with E-state index in [1.54, 1.807) is 0 Å². The fraction of sp³-hybridized carbons (Fsp3) is 0.722. The number of piperidine rings is 1. The van der Waals surface area contributed by atoms with Gasteiger partial charge >= 0.3 is 0 Å². The van der Waals surface area contributed by atoms with Crippen LogP contribution in [-0.4, -0.2) is 87.2 Å². The van der Waals surface area contributed by atoms with Gasteiger partial charge in [0, 0.05) is 71.5 Å². The van der Waals surface area contributed by atoms with Crippen molar-refractivity contribution in [2.24, 2.45) is 4.99 Å². The highest BCUT2D eigenvalue weighted by atomic mass is 127. The van der Waals surface area contributed by atoms with E-state index in [-0.39, 0.29) is 24.0 Å². The summed E-state index contributed by atoms with van der Waals surface area (Å²) in [5, 5.41) is 10.8. The summed E-state index contributed by atoms with van der Waals surface area (Å²) in [6.07, 6.45) is 2.34. The SMILES string of the molecule is CN=C(NCC1CN2CCN1CC2)NC1CCN(c2cccs2)CC1.I. The summed E-state index contributed by atoms with van der Waals surface area (Å²) >= 11 is 1.84. The van der Waals surface area contributed by atoms with Crippen LogP contribution in [0.2, 0.25) is 0 Å². The molecule has 4 aliphatic rings. The third-order valence-electron chi connectivity index (χ3n) is 5.77. The Morgan fingerprint density at radius 1 is 1.19 bits per heavy atom. The van der Waals surface area contributed by atoms with Gasteiger partial charge in [-0.3, -0.25) is 14.8 Å². The number of nitrogens with zero attached hydrogens (tertiary/aromatic N) is 4. The van der Waals surface area contributed by atoms with Crippen LogP contribution in [0.15, 0.2) is 22.5 Å². The molecule has 0 saturated carbocycles. The lowest BCUT2D eigenvalue weighted by atomic mass is 10.1. The van der Waals surface area contributed by atoms with Crippen LogP contribution in [0.25, 0.3) is 0 Å². The van der Waals surface area contributed by atoms with Crippen molar-refractivity contribution < 1.29 is 0 Å². The van der Waals surface area contributed by atoms with Crippen molar-refractivity contribution in [2.75, 3.05) is 64.3 Å². The Morgan fingerprint density at radius 3 is 2.54 bits per heavy atom. The quantitative estimate of drug-likeness (QED) is 0.381. The molecule has 1 unspecified atom stereocenters. The van der Waals surface area contributed by atoms with E-state index in [4.69, 9.17) is 0 Å². The van der Waals surface area contributed by atoms with Gasteiger partial charge in [-0.25, -0.2) is 0 Å². The van der Waals surface area contributed by atoms with E-state index in [1.807, 2.05) is 18.4 Å². The first kappa shape index (κ1) is 20.2. The second kappa shape index (κ2) is 9.57. The van der Waals surface area contributed by atoms with Gasteiger partial charge in [0.05, 0.1) is 5.00 Å². The fourth-order valence-corrected chi connectivity index (χ4v) is 5.00. The number of thiophene rings is 1. The van der Waals surface area contributed by atoms with E-state index < -0.39 is 0 Å². The number of fused-ring (bicyclic) bond motifs is 3. The van der Waals surface area contributed by atoms with Crippen LogP contribution in [0.4, 0.5) is 5.00 Å². The summed E-state index contributed by atoms with van der Waals surface area (Å²) < 4.78 is 0. The predicted molar refractivity (Wildman–Crippen MR) is 121 cm³/mol. The summed E-state index contributed by atoms with van der Waals surface area (Å²) in [5.41, 5.74) is 0. The number of anilines is 1. The Bertz CT molecular complexity index is 564. The third kappa shape index (κ3) is 4.82. The van der Waals surface area contributed by atoms with Gasteiger partial charge in [0.15, 0.2) is 5.96 Å². The maximum Gasteiger partial charge on any atom is 0.191 e. The Balaban J connectivity index is 0.00000196. The first-order valence-electron chi connectivity index (χ1n) is 9.54. The molecule has 4 aliphatic heterocycles. The van der Waals surface area contributed by atoms with Crippen LogP contribution in [0, 0.1) is 0 Å². The molecule has 2 N–H and O–H groups in total. The van der Waals surface area contributed by atoms with Crippen molar-refractivity contribution >= 4 is 46.3 Å². The molecule has 0 aliphatic carbocycles. The van der Waals surface area contributed by atoms with Crippen molar-refractivity contribution in [3.8, 4) is 0 Å². The molecule has 5 rings (SSSR count). The molecule has 8 heteroatoms. The topological polar surface area (TPSA) is 46.1 Å². The zero-order valence-corrected chi connectivity index (χ0v) is 18.7. The molecular weight excluding hydrogens is 459 g/mol. The second-order valence-corrected chi connectivity index (χ2v) is 8.23. The lowest BCUT2D eigenvalue weighted by Gasteiger charge is -2.47. The Labute approximate surface area is 178 Å². The van der Waals surface area contributed by atoms with Gasteiger partial charge in [0.1, 0.15) is 0 Å². The summed E-state index contributed by atoms with van der Waals surface area (Å²) in [4.78, 5) is 12.2. The highest BCUT2D eigenvalue weighted by Gasteiger charge is 2.31. The standard InChI is InChI=1S/C18H30N6S.HI/c1-19-18(20-13-16-14-22-8-10-23(16)11-9-22)21-15-4-6-24(7-5-15)17-3-2-12-25-17;/h2-3,12,15-16H,4-11,13-14H2,1H3,(H2,19,20,21);1H. The minimum atomic E-state index is 0. The summed E-state index contributed by atoms with van der Waals surface area (Å²) in [6, 6.07) is 5.51. The highest BCUT2D eigenvalue weighted by molar-refractivity contribution is 14.0. The van der Waals surface area contributed by atoms with Gasteiger partial charge in [-0.1, -0.05) is 0 Å². The number of aliphatic imine (C=N–C) groups is 1. The molecule has 6 nitrogen and oxygen atoms in total. The smallest absolute Gasteiger partial charge is 0.191 e. The zero-order valence-electron chi connectivity index (χ0n) is 15.6. The lowest BCUT2D eigenvalue weighted by Crippen LogP contribution is -2.64. The monoisotopic (exact) mass is 490 g/mol. The zero-order chi connectivity index (χ0) is 17.1. The van der Waals surface area contributed by atoms with Crippen molar-refractivity contribution in [1.29, 1.82) is 0 Å². The molecular formula is C18H31IN6S. The first-order valence-corrected chi connectivity index (χ1v) is 10.4. The van der Waals surface area contributed by atoms with E-state index in [0.29, 0.717) is 12.1 Å². The Hall–Kier alpha value is -0.580. The van der Waals surface area contributed by atoms with Gasteiger partial charge in [0.25, 0.3) is 0 Å². The molecule has 4 saturated heterocycles. The van der Waals surface area contributed by atoms with Crippen molar-refractivity contribution in [3.63, 3.8) is 0 Å². The molecule has 0 aromatic carbocycles. The van der Waals surface area contributed by atoms with Gasteiger partial charge in [-0.15, -0.1) is 35.3 Å². The van der Waals surface area contributed by atoms with Gasteiger partial charge < -0.3 is 15.5 Å². The number of piperazine rings is 3. The number of hydrogen-bond donors (Lipinski definition) is 2. The lowest BCUT2D eigenvalue weighted by molar-refractivity contribution is 0.0154. The predicted octanol–water partition coefficient (Wildman–Crippen LogP) is 1.50. The van der Waals surface area contributed by atoms with E-state index in [9.17, 15) is 0 Å². The Kier molecular flexibility index (Phi) is 7.42. The number of guanidine groups is 1. The van der Waals surface area contributed by atoms with Crippen LogP contribution in [-0.2, 0) is 0 Å². The normalized spacial score (nSPS) is 29.3. The maximum atomic E-state index is 4.45. The number of nitrogens with one attached hydrogen (secondary N) is 2. The highest BCUT2D eigenvalue weighted by Crippen LogP contribution is 2.24. The van der Waals surface area contributed by atoms with E-state index >= 15 is 0 Å².